The van der Waals surface area contributed by atoms with E-state index in [2.05, 4.69) is 15.9 Å². The Balaban J connectivity index is 2.85. The summed E-state index contributed by atoms with van der Waals surface area (Å²) in [6, 6.07) is 0. The Morgan fingerprint density at radius 3 is 2.20 bits per heavy atom. The number of hydroxylamine groups is 1. The summed E-state index contributed by atoms with van der Waals surface area (Å²) < 4.78 is 0. The first-order valence-electron chi connectivity index (χ1n) is 0.867. The van der Waals surface area contributed by atoms with Crippen LogP contribution in [-0.2, 0) is 0 Å². The quantitative estimate of drug-likeness (QED) is 0.222. The van der Waals surface area contributed by atoms with Gasteiger partial charge in [-0.15, -0.1) is 0 Å². The number of carbonyl (C=O) groups excluding carboxylic acids is 1. The summed E-state index contributed by atoms with van der Waals surface area (Å²) in [5.74, 6) is 0. The van der Waals surface area contributed by atoms with E-state index in [0.29, 0.717) is 0 Å². The molecular weight excluding hydrogens is 138 g/mol. The standard InChI is InChI=1S/CH2BrNO2/c2-1(4)3-5/h5H,(H,3,4). The zero-order chi connectivity index (χ0) is 4.28. The second-order valence-electron chi connectivity index (χ2n) is 0.386. The summed E-state index contributed by atoms with van der Waals surface area (Å²) in [5.41, 5.74) is 1.31. The van der Waals surface area contributed by atoms with Gasteiger partial charge in [-0.25, -0.2) is 5.48 Å². The van der Waals surface area contributed by atoms with Crippen molar-refractivity contribution >= 4 is 20.7 Å². The van der Waals surface area contributed by atoms with E-state index in [-0.39, 0.29) is 0 Å². The van der Waals surface area contributed by atoms with Crippen molar-refractivity contribution in [1.29, 1.82) is 0 Å². The number of rotatable bonds is 0. The first-order chi connectivity index (χ1) is 2.27. The number of carbonyl (C=O) groups is 1. The highest BCUT2D eigenvalue weighted by molar-refractivity contribution is 9.18. The van der Waals surface area contributed by atoms with Crippen LogP contribution in [0.5, 0.6) is 0 Å². The van der Waals surface area contributed by atoms with Crippen molar-refractivity contribution in [3.63, 3.8) is 0 Å². The molecule has 2 N–H and O–H groups in total. The van der Waals surface area contributed by atoms with E-state index < -0.39 is 4.82 Å². The lowest BCUT2D eigenvalue weighted by atomic mass is 11.5. The minimum atomic E-state index is -0.627. The van der Waals surface area contributed by atoms with Crippen molar-refractivity contribution in [3.8, 4) is 0 Å². The fourth-order valence-corrected chi connectivity index (χ4v) is 0. The lowest BCUT2D eigenvalue weighted by Gasteiger charge is -1.76. The number of halogens is 1. The van der Waals surface area contributed by atoms with Crippen molar-refractivity contribution in [1.82, 2.24) is 5.48 Å². The van der Waals surface area contributed by atoms with Crippen LogP contribution >= 0.6 is 15.9 Å². The van der Waals surface area contributed by atoms with Crippen LogP contribution in [0.3, 0.4) is 0 Å². The van der Waals surface area contributed by atoms with Crippen molar-refractivity contribution in [3.05, 3.63) is 0 Å². The number of hydrogen-bond donors (Lipinski definition) is 2. The molecule has 4 heteroatoms. The van der Waals surface area contributed by atoms with Crippen LogP contribution in [0.2, 0.25) is 0 Å². The zero-order valence-corrected chi connectivity index (χ0v) is 3.82. The SMILES string of the molecule is O=C(Br)NO. The number of nitrogens with one attached hydrogen (secondary N) is 1. The predicted octanol–water partition coefficient (Wildman–Crippen LogP) is 0.480. The maximum Gasteiger partial charge on any atom is 0.310 e. The average molecular weight is 140 g/mol. The highest BCUT2D eigenvalue weighted by Gasteiger charge is 1.78. The summed E-state index contributed by atoms with van der Waals surface area (Å²) in [7, 11) is 0. The molecule has 0 saturated carbocycles. The largest absolute Gasteiger partial charge is 0.310 e. The van der Waals surface area contributed by atoms with Gasteiger partial charge < -0.3 is 0 Å². The lowest BCUT2D eigenvalue weighted by Crippen LogP contribution is -2.07. The normalized spacial score (nSPS) is 6.80. The second-order valence-corrected chi connectivity index (χ2v) is 1.11. The van der Waals surface area contributed by atoms with Crippen molar-refractivity contribution < 1.29 is 10.0 Å². The predicted molar refractivity (Wildman–Crippen MR) is 19.2 cm³/mol. The van der Waals surface area contributed by atoms with Crippen LogP contribution in [0.25, 0.3) is 0 Å². The minimum Gasteiger partial charge on any atom is -0.288 e. The molecule has 0 heterocycles. The van der Waals surface area contributed by atoms with Crippen molar-refractivity contribution in [2.45, 2.75) is 0 Å². The zero-order valence-electron chi connectivity index (χ0n) is 2.23. The molecule has 0 spiro atoms. The van der Waals surface area contributed by atoms with E-state index in [9.17, 15) is 4.79 Å². The lowest BCUT2D eigenvalue weighted by molar-refractivity contribution is 0.181. The van der Waals surface area contributed by atoms with Crippen molar-refractivity contribution in [2.24, 2.45) is 0 Å². The molecule has 0 rings (SSSR count). The first kappa shape index (κ1) is 4.91. The maximum absolute atomic E-state index is 9.37. The molecule has 0 aliphatic carbocycles. The van der Waals surface area contributed by atoms with Gasteiger partial charge in [-0.05, 0) is 0 Å². The average Bonchev–Trinajstić information content (AvgIpc) is 1.38. The fourth-order valence-electron chi connectivity index (χ4n) is 0. The number of amides is 1. The molecule has 0 atom stereocenters. The van der Waals surface area contributed by atoms with Gasteiger partial charge in [0.15, 0.2) is 0 Å². The summed E-state index contributed by atoms with van der Waals surface area (Å²) in [6.45, 7) is 0. The molecule has 3 nitrogen and oxygen atoms in total. The van der Waals surface area contributed by atoms with Crippen LogP contribution in [0.4, 0.5) is 4.79 Å². The fraction of sp³-hybridized carbons (Fsp3) is 0. The van der Waals surface area contributed by atoms with E-state index in [1.807, 2.05) is 0 Å². The van der Waals surface area contributed by atoms with Gasteiger partial charge in [0.25, 0.3) is 0 Å². The maximum atomic E-state index is 9.37. The van der Waals surface area contributed by atoms with Crippen LogP contribution in [-0.4, -0.2) is 10.0 Å². The van der Waals surface area contributed by atoms with E-state index in [1.165, 1.54) is 5.48 Å². The molecule has 0 aliphatic rings. The summed E-state index contributed by atoms with van der Waals surface area (Å²) >= 11 is 2.37. The van der Waals surface area contributed by atoms with Crippen LogP contribution in [0, 0.1) is 0 Å². The molecule has 0 saturated heterocycles. The minimum absolute atomic E-state index is 0.627. The first-order valence-corrected chi connectivity index (χ1v) is 1.66. The molecule has 0 aliphatic heterocycles. The third-order valence-electron chi connectivity index (χ3n) is 0.0879. The molecule has 0 aromatic rings. The van der Waals surface area contributed by atoms with Crippen LogP contribution in [0.15, 0.2) is 0 Å². The molecule has 0 unspecified atom stereocenters. The van der Waals surface area contributed by atoms with E-state index in [1.54, 1.807) is 0 Å². The smallest absolute Gasteiger partial charge is 0.288 e. The molecular formula is CH2BrNO2. The number of hydrogen-bond acceptors (Lipinski definition) is 2. The Morgan fingerprint density at radius 1 is 2.00 bits per heavy atom. The van der Waals surface area contributed by atoms with E-state index >= 15 is 0 Å². The Labute approximate surface area is 37.1 Å². The molecule has 0 radical (unpaired) electrons. The van der Waals surface area contributed by atoms with Crippen molar-refractivity contribution in [2.75, 3.05) is 0 Å². The summed E-state index contributed by atoms with van der Waals surface area (Å²) in [6.07, 6.45) is 0. The van der Waals surface area contributed by atoms with Gasteiger partial charge in [0, 0.05) is 15.9 Å². The summed E-state index contributed by atoms with van der Waals surface area (Å²) in [4.78, 5) is 8.74. The Hall–Kier alpha value is -0.0900. The molecule has 5 heavy (non-hydrogen) atoms. The van der Waals surface area contributed by atoms with E-state index in [0.717, 1.165) is 0 Å². The molecule has 0 aromatic heterocycles. The molecule has 30 valence electrons. The van der Waals surface area contributed by atoms with Gasteiger partial charge in [-0.2, -0.15) is 0 Å². The molecule has 0 aromatic carbocycles. The van der Waals surface area contributed by atoms with Gasteiger partial charge >= 0.3 is 4.82 Å². The highest BCUT2D eigenvalue weighted by atomic mass is 79.9. The monoisotopic (exact) mass is 139 g/mol. The van der Waals surface area contributed by atoms with Gasteiger partial charge in [0.1, 0.15) is 0 Å². The Bertz CT molecular complexity index is 44.9. The Morgan fingerprint density at radius 2 is 2.20 bits per heavy atom. The third kappa shape index (κ3) is 3.91. The molecule has 0 fully saturated rings. The Kier molecular flexibility index (Phi) is 2.13. The highest BCUT2D eigenvalue weighted by Crippen LogP contribution is 1.74. The third-order valence-corrected chi connectivity index (χ3v) is 0.265. The topological polar surface area (TPSA) is 49.3 Å². The van der Waals surface area contributed by atoms with Crippen LogP contribution in [0.1, 0.15) is 0 Å². The van der Waals surface area contributed by atoms with E-state index in [4.69, 9.17) is 5.21 Å². The van der Waals surface area contributed by atoms with Gasteiger partial charge in [-0.1, -0.05) is 0 Å². The van der Waals surface area contributed by atoms with Gasteiger partial charge in [0.2, 0.25) is 0 Å². The van der Waals surface area contributed by atoms with Crippen LogP contribution < -0.4 is 5.48 Å². The summed E-state index contributed by atoms with van der Waals surface area (Å²) in [5, 5.41) is 7.50. The van der Waals surface area contributed by atoms with Gasteiger partial charge in [0.05, 0.1) is 0 Å². The molecule has 1 amide bonds. The second kappa shape index (κ2) is 2.17. The molecule has 0 bridgehead atoms. The van der Waals surface area contributed by atoms with Gasteiger partial charge in [-0.3, -0.25) is 10.0 Å².